The average Bonchev–Trinajstić information content (AvgIpc) is 2.50. The molecular weight excluding hydrogens is 300 g/mol. The molecule has 0 saturated carbocycles. The highest BCUT2D eigenvalue weighted by atomic mass is 32.2. The summed E-state index contributed by atoms with van der Waals surface area (Å²) in [6.07, 6.45) is 0. The van der Waals surface area contributed by atoms with E-state index in [1.54, 1.807) is 0 Å². The van der Waals surface area contributed by atoms with Crippen molar-refractivity contribution in [2.45, 2.75) is 12.7 Å². The van der Waals surface area contributed by atoms with Crippen LogP contribution in [0.2, 0.25) is 0 Å². The molecule has 2 rings (SSSR count). The first-order chi connectivity index (χ1) is 10.5. The minimum Gasteiger partial charge on any atom is -0.325 e. The van der Waals surface area contributed by atoms with Crippen LogP contribution in [-0.2, 0) is 10.5 Å². The van der Waals surface area contributed by atoms with Gasteiger partial charge in [0.25, 0.3) is 5.69 Å². The van der Waals surface area contributed by atoms with Gasteiger partial charge in [0.15, 0.2) is 0 Å². The topological polar surface area (TPSA) is 72.2 Å². The van der Waals surface area contributed by atoms with Gasteiger partial charge in [0.1, 0.15) is 0 Å². The lowest BCUT2D eigenvalue weighted by Crippen LogP contribution is -2.14. The van der Waals surface area contributed by atoms with Crippen LogP contribution in [0.4, 0.5) is 11.4 Å². The third-order valence-electron chi connectivity index (χ3n) is 2.98. The minimum absolute atomic E-state index is 0.00625. The standard InChI is InChI=1S/C16H16N2O3S/c1-12-2-4-13(5-3-12)10-22-11-16(19)17-14-6-8-15(9-7-14)18(20)21/h2-9H,10-11H2,1H3,(H,17,19). The number of nitrogens with one attached hydrogen (secondary N) is 1. The van der Waals surface area contributed by atoms with E-state index in [1.165, 1.54) is 47.2 Å². The molecule has 22 heavy (non-hydrogen) atoms. The van der Waals surface area contributed by atoms with E-state index in [0.717, 1.165) is 5.75 Å². The number of nitro groups is 1. The molecule has 6 heteroatoms. The lowest BCUT2D eigenvalue weighted by molar-refractivity contribution is -0.384. The second-order valence-electron chi connectivity index (χ2n) is 4.83. The summed E-state index contributed by atoms with van der Waals surface area (Å²) in [6.45, 7) is 2.04. The predicted octanol–water partition coefficient (Wildman–Crippen LogP) is 3.78. The van der Waals surface area contributed by atoms with Gasteiger partial charge in [0, 0.05) is 23.6 Å². The minimum atomic E-state index is -0.469. The molecule has 0 aliphatic heterocycles. The molecule has 0 heterocycles. The van der Waals surface area contributed by atoms with Crippen LogP contribution in [0.5, 0.6) is 0 Å². The van der Waals surface area contributed by atoms with Crippen molar-refractivity contribution in [2.24, 2.45) is 0 Å². The van der Waals surface area contributed by atoms with E-state index in [1.807, 2.05) is 19.1 Å². The van der Waals surface area contributed by atoms with E-state index in [2.05, 4.69) is 17.4 Å². The summed E-state index contributed by atoms with van der Waals surface area (Å²) < 4.78 is 0. The molecule has 0 bridgehead atoms. The van der Waals surface area contributed by atoms with Gasteiger partial charge in [-0.25, -0.2) is 0 Å². The molecular formula is C16H16N2O3S. The first-order valence-corrected chi connectivity index (χ1v) is 7.87. The number of hydrogen-bond acceptors (Lipinski definition) is 4. The van der Waals surface area contributed by atoms with Crippen LogP contribution >= 0.6 is 11.8 Å². The van der Waals surface area contributed by atoms with Gasteiger partial charge in [-0.2, -0.15) is 0 Å². The number of carbonyl (C=O) groups is 1. The fourth-order valence-electron chi connectivity index (χ4n) is 1.81. The number of rotatable bonds is 6. The van der Waals surface area contributed by atoms with E-state index >= 15 is 0 Å². The highest BCUT2D eigenvalue weighted by Gasteiger charge is 2.06. The largest absolute Gasteiger partial charge is 0.325 e. The van der Waals surface area contributed by atoms with Crippen LogP contribution < -0.4 is 5.32 Å². The number of nitrogens with zero attached hydrogens (tertiary/aromatic N) is 1. The van der Waals surface area contributed by atoms with Crippen molar-refractivity contribution in [3.8, 4) is 0 Å². The number of carbonyl (C=O) groups excluding carboxylic acids is 1. The molecule has 0 atom stereocenters. The number of amides is 1. The normalized spacial score (nSPS) is 10.2. The fraction of sp³-hybridized carbons (Fsp3) is 0.188. The van der Waals surface area contributed by atoms with Gasteiger partial charge in [-0.05, 0) is 24.6 Å². The Morgan fingerprint density at radius 3 is 2.36 bits per heavy atom. The van der Waals surface area contributed by atoms with Gasteiger partial charge >= 0.3 is 0 Å². The lowest BCUT2D eigenvalue weighted by Gasteiger charge is -2.05. The van der Waals surface area contributed by atoms with E-state index in [4.69, 9.17) is 0 Å². The maximum Gasteiger partial charge on any atom is 0.269 e. The van der Waals surface area contributed by atoms with Gasteiger partial charge in [0.2, 0.25) is 5.91 Å². The molecule has 0 aliphatic carbocycles. The van der Waals surface area contributed by atoms with Crippen LogP contribution in [0.1, 0.15) is 11.1 Å². The van der Waals surface area contributed by atoms with Crippen molar-refractivity contribution in [1.82, 2.24) is 0 Å². The molecule has 0 spiro atoms. The van der Waals surface area contributed by atoms with E-state index in [9.17, 15) is 14.9 Å². The second kappa shape index (κ2) is 7.61. The molecule has 2 aromatic carbocycles. The maximum atomic E-state index is 11.8. The molecule has 0 unspecified atom stereocenters. The lowest BCUT2D eigenvalue weighted by atomic mass is 10.2. The first kappa shape index (κ1) is 16.0. The average molecular weight is 316 g/mol. The van der Waals surface area contributed by atoms with Crippen molar-refractivity contribution < 1.29 is 9.72 Å². The number of nitro benzene ring substituents is 1. The first-order valence-electron chi connectivity index (χ1n) is 6.72. The zero-order valence-electron chi connectivity index (χ0n) is 12.1. The zero-order chi connectivity index (χ0) is 15.9. The van der Waals surface area contributed by atoms with Crippen LogP contribution in [-0.4, -0.2) is 16.6 Å². The molecule has 0 aliphatic rings. The van der Waals surface area contributed by atoms with E-state index in [0.29, 0.717) is 11.4 Å². The summed E-state index contributed by atoms with van der Waals surface area (Å²) in [7, 11) is 0. The summed E-state index contributed by atoms with van der Waals surface area (Å²) in [4.78, 5) is 21.9. The number of anilines is 1. The highest BCUT2D eigenvalue weighted by molar-refractivity contribution is 7.99. The zero-order valence-corrected chi connectivity index (χ0v) is 12.9. The molecule has 114 valence electrons. The van der Waals surface area contributed by atoms with Gasteiger partial charge < -0.3 is 5.32 Å². The molecule has 0 fully saturated rings. The Morgan fingerprint density at radius 2 is 1.77 bits per heavy atom. The Bertz CT molecular complexity index is 654. The van der Waals surface area contributed by atoms with Crippen molar-refractivity contribution in [3.63, 3.8) is 0 Å². The fourth-order valence-corrected chi connectivity index (χ4v) is 2.60. The monoisotopic (exact) mass is 316 g/mol. The molecule has 0 radical (unpaired) electrons. The summed E-state index contributed by atoms with van der Waals surface area (Å²) in [6, 6.07) is 14.0. The van der Waals surface area contributed by atoms with Crippen molar-refractivity contribution in [2.75, 3.05) is 11.1 Å². The summed E-state index contributed by atoms with van der Waals surface area (Å²) >= 11 is 1.53. The molecule has 2 aromatic rings. The molecule has 5 nitrogen and oxygen atoms in total. The van der Waals surface area contributed by atoms with Crippen molar-refractivity contribution >= 4 is 29.0 Å². The van der Waals surface area contributed by atoms with Gasteiger partial charge in [-0.3, -0.25) is 14.9 Å². The molecule has 1 N–H and O–H groups in total. The van der Waals surface area contributed by atoms with Crippen LogP contribution in [0.15, 0.2) is 48.5 Å². The Morgan fingerprint density at radius 1 is 1.14 bits per heavy atom. The second-order valence-corrected chi connectivity index (χ2v) is 5.82. The van der Waals surface area contributed by atoms with Crippen LogP contribution in [0.25, 0.3) is 0 Å². The van der Waals surface area contributed by atoms with Crippen molar-refractivity contribution in [3.05, 3.63) is 69.8 Å². The number of benzene rings is 2. The third-order valence-corrected chi connectivity index (χ3v) is 3.99. The maximum absolute atomic E-state index is 11.8. The predicted molar refractivity (Wildman–Crippen MR) is 89.1 cm³/mol. The number of hydrogen-bond donors (Lipinski definition) is 1. The van der Waals surface area contributed by atoms with Crippen LogP contribution in [0.3, 0.4) is 0 Å². The van der Waals surface area contributed by atoms with E-state index in [-0.39, 0.29) is 11.6 Å². The van der Waals surface area contributed by atoms with Gasteiger partial charge in [-0.1, -0.05) is 29.8 Å². The number of thioether (sulfide) groups is 1. The number of aryl methyl sites for hydroxylation is 1. The Hall–Kier alpha value is -2.34. The van der Waals surface area contributed by atoms with Gasteiger partial charge in [0.05, 0.1) is 10.7 Å². The summed E-state index contributed by atoms with van der Waals surface area (Å²) in [5, 5.41) is 13.3. The van der Waals surface area contributed by atoms with Crippen molar-refractivity contribution in [1.29, 1.82) is 0 Å². The third kappa shape index (κ3) is 4.89. The van der Waals surface area contributed by atoms with Crippen LogP contribution in [0, 0.1) is 17.0 Å². The highest BCUT2D eigenvalue weighted by Crippen LogP contribution is 2.17. The molecule has 1 amide bonds. The Kier molecular flexibility index (Phi) is 5.55. The van der Waals surface area contributed by atoms with Gasteiger partial charge in [-0.15, -0.1) is 11.8 Å². The summed E-state index contributed by atoms with van der Waals surface area (Å²) in [5.74, 6) is 0.990. The SMILES string of the molecule is Cc1ccc(CSCC(=O)Nc2ccc([N+](=O)[O-])cc2)cc1. The Balaban J connectivity index is 1.77. The smallest absolute Gasteiger partial charge is 0.269 e. The van der Waals surface area contributed by atoms with E-state index < -0.39 is 4.92 Å². The molecule has 0 aromatic heterocycles. The number of non-ortho nitro benzene ring substituents is 1. The quantitative estimate of drug-likeness (QED) is 0.650. The summed E-state index contributed by atoms with van der Waals surface area (Å²) in [5.41, 5.74) is 2.96. The Labute approximate surface area is 132 Å². The molecule has 0 saturated heterocycles.